The van der Waals surface area contributed by atoms with E-state index in [-0.39, 0.29) is 5.69 Å². The van der Waals surface area contributed by atoms with E-state index in [0.29, 0.717) is 5.56 Å². The molecule has 0 bridgehead atoms. The third-order valence-electron chi connectivity index (χ3n) is 1.95. The van der Waals surface area contributed by atoms with Crippen molar-refractivity contribution in [3.05, 3.63) is 29.8 Å². The molecule has 1 aromatic rings. The molecule has 0 heterocycles. The Morgan fingerprint density at radius 1 is 1.06 bits per heavy atom. The Labute approximate surface area is 92.8 Å². The van der Waals surface area contributed by atoms with Crippen LogP contribution >= 0.6 is 0 Å². The molecule has 0 aliphatic heterocycles. The van der Waals surface area contributed by atoms with Gasteiger partial charge < -0.3 is 0 Å². The van der Waals surface area contributed by atoms with E-state index < -0.39 is 18.1 Å². The molecule has 94 valence electrons. The second-order valence-electron chi connectivity index (χ2n) is 3.26. The summed E-state index contributed by atoms with van der Waals surface area (Å²) in [4.78, 5) is 2.68. The molecule has 0 unspecified atom stereocenters. The largest absolute Gasteiger partial charge is 0.462 e. The van der Waals surface area contributed by atoms with Crippen molar-refractivity contribution in [2.24, 2.45) is 4.99 Å². The number of hydrogen-bond donors (Lipinski definition) is 0. The molecule has 0 fully saturated rings. The molecule has 1 rings (SSSR count). The number of hydrogen-bond acceptors (Lipinski definition) is 1. The molecule has 0 N–H and O–H groups in total. The van der Waals surface area contributed by atoms with E-state index in [9.17, 15) is 26.3 Å². The van der Waals surface area contributed by atoms with Crippen molar-refractivity contribution in [1.82, 2.24) is 0 Å². The van der Waals surface area contributed by atoms with Gasteiger partial charge in [-0.3, -0.25) is 0 Å². The minimum atomic E-state index is -6.00. The molecule has 1 aromatic carbocycles. The van der Waals surface area contributed by atoms with Crippen molar-refractivity contribution in [2.75, 3.05) is 0 Å². The molecule has 0 saturated heterocycles. The van der Waals surface area contributed by atoms with Gasteiger partial charge in [0.05, 0.1) is 5.69 Å². The number of aliphatic imine (C=N–C) groups is 1. The van der Waals surface area contributed by atoms with Crippen molar-refractivity contribution in [1.29, 1.82) is 0 Å². The van der Waals surface area contributed by atoms with Crippen LogP contribution in [0.2, 0.25) is 0 Å². The van der Waals surface area contributed by atoms with Gasteiger partial charge in [0.1, 0.15) is 0 Å². The van der Waals surface area contributed by atoms with Gasteiger partial charge in [-0.25, -0.2) is 4.99 Å². The van der Waals surface area contributed by atoms with Gasteiger partial charge in [-0.2, -0.15) is 26.3 Å². The Hall–Kier alpha value is -1.53. The lowest BCUT2D eigenvalue weighted by atomic mass is 10.2. The molecule has 7 heteroatoms. The Morgan fingerprint density at radius 2 is 1.59 bits per heavy atom. The molecular weight excluding hydrogens is 248 g/mol. The number of aryl methyl sites for hydroxylation is 1. The maximum Gasteiger partial charge on any atom is 0.462 e. The summed E-state index contributed by atoms with van der Waals surface area (Å²) in [6.45, 7) is 1.41. The van der Waals surface area contributed by atoms with Gasteiger partial charge in [0.15, 0.2) is 0 Å². The standard InChI is InChI=1S/C10H7F6N/c1-6-4-2-3-5-7(6)17-8(11)9(12,13)10(14,15)16/h2-5H,1H3. The van der Waals surface area contributed by atoms with Gasteiger partial charge in [0.25, 0.3) is 5.97 Å². The van der Waals surface area contributed by atoms with Gasteiger partial charge in [-0.15, -0.1) is 0 Å². The highest BCUT2D eigenvalue weighted by Crippen LogP contribution is 2.38. The van der Waals surface area contributed by atoms with Crippen LogP contribution < -0.4 is 0 Å². The highest BCUT2D eigenvalue weighted by Gasteiger charge is 2.62. The average molecular weight is 255 g/mol. The monoisotopic (exact) mass is 255 g/mol. The normalized spacial score (nSPS) is 13.9. The fourth-order valence-electron chi connectivity index (χ4n) is 0.982. The van der Waals surface area contributed by atoms with Crippen molar-refractivity contribution in [3.8, 4) is 0 Å². The topological polar surface area (TPSA) is 12.4 Å². The molecule has 0 aromatic heterocycles. The highest BCUT2D eigenvalue weighted by atomic mass is 19.4. The summed E-state index contributed by atoms with van der Waals surface area (Å²) in [5.41, 5.74) is 0.0227. The highest BCUT2D eigenvalue weighted by molar-refractivity contribution is 5.86. The first-order valence-electron chi connectivity index (χ1n) is 4.41. The van der Waals surface area contributed by atoms with Crippen LogP contribution in [0.25, 0.3) is 0 Å². The summed E-state index contributed by atoms with van der Waals surface area (Å²) in [6, 6.07) is 5.43. The second-order valence-corrected chi connectivity index (χ2v) is 3.26. The number of rotatable bonds is 2. The summed E-state index contributed by atoms with van der Waals surface area (Å²) in [6.07, 6.45) is -6.00. The maximum absolute atomic E-state index is 12.8. The first-order valence-corrected chi connectivity index (χ1v) is 4.41. The van der Waals surface area contributed by atoms with Crippen LogP contribution in [0.3, 0.4) is 0 Å². The number of alkyl halides is 5. The van der Waals surface area contributed by atoms with Crippen LogP contribution in [-0.2, 0) is 0 Å². The Bertz CT molecular complexity index is 435. The molecule has 0 aliphatic rings. The van der Waals surface area contributed by atoms with E-state index in [1.165, 1.54) is 25.1 Å². The predicted molar refractivity (Wildman–Crippen MR) is 50.4 cm³/mol. The lowest BCUT2D eigenvalue weighted by Gasteiger charge is -2.16. The third kappa shape index (κ3) is 2.78. The van der Waals surface area contributed by atoms with Gasteiger partial charge in [-0.1, -0.05) is 18.2 Å². The SMILES string of the molecule is Cc1ccccc1N=C(F)C(F)(F)C(F)(F)F. The summed E-state index contributed by atoms with van der Waals surface area (Å²) in [7, 11) is 0. The number of benzene rings is 1. The van der Waals surface area contributed by atoms with E-state index in [4.69, 9.17) is 0 Å². The molecule has 0 spiro atoms. The van der Waals surface area contributed by atoms with Crippen molar-refractivity contribution >= 4 is 11.7 Å². The Kier molecular flexibility index (Phi) is 3.49. The minimum absolute atomic E-state index is 0.270. The molecular formula is C10H7F6N. The smallest absolute Gasteiger partial charge is 0.218 e. The molecule has 0 radical (unpaired) electrons. The lowest BCUT2D eigenvalue weighted by molar-refractivity contribution is -0.252. The molecule has 0 amide bonds. The zero-order valence-electron chi connectivity index (χ0n) is 8.52. The number of para-hydroxylation sites is 1. The fourth-order valence-corrected chi connectivity index (χ4v) is 0.982. The van der Waals surface area contributed by atoms with Gasteiger partial charge in [0.2, 0.25) is 0 Å². The van der Waals surface area contributed by atoms with Gasteiger partial charge >= 0.3 is 12.1 Å². The molecule has 0 aliphatic carbocycles. The average Bonchev–Trinajstić information content (AvgIpc) is 2.19. The minimum Gasteiger partial charge on any atom is -0.218 e. The summed E-state index contributed by atoms with van der Waals surface area (Å²) in [5.74, 6) is -8.34. The summed E-state index contributed by atoms with van der Waals surface area (Å²) >= 11 is 0. The van der Waals surface area contributed by atoms with Crippen LogP contribution in [0.4, 0.5) is 32.0 Å². The van der Waals surface area contributed by atoms with E-state index in [0.717, 1.165) is 6.07 Å². The molecule has 1 nitrogen and oxygen atoms in total. The molecule has 0 saturated carbocycles. The zero-order chi connectivity index (χ0) is 13.3. The van der Waals surface area contributed by atoms with Gasteiger partial charge in [0, 0.05) is 0 Å². The Balaban J connectivity index is 3.14. The van der Waals surface area contributed by atoms with Crippen LogP contribution in [0.15, 0.2) is 29.3 Å². The van der Waals surface area contributed by atoms with E-state index >= 15 is 0 Å². The maximum atomic E-state index is 12.8. The lowest BCUT2D eigenvalue weighted by Crippen LogP contribution is -2.42. The van der Waals surface area contributed by atoms with Crippen molar-refractivity contribution < 1.29 is 26.3 Å². The first kappa shape index (κ1) is 13.5. The van der Waals surface area contributed by atoms with Crippen molar-refractivity contribution in [2.45, 2.75) is 19.0 Å². The van der Waals surface area contributed by atoms with Crippen LogP contribution in [0, 0.1) is 6.92 Å². The van der Waals surface area contributed by atoms with E-state index in [2.05, 4.69) is 4.99 Å². The van der Waals surface area contributed by atoms with E-state index in [1.807, 2.05) is 0 Å². The van der Waals surface area contributed by atoms with E-state index in [1.54, 1.807) is 0 Å². The van der Waals surface area contributed by atoms with Gasteiger partial charge in [-0.05, 0) is 18.6 Å². The number of halogens is 6. The van der Waals surface area contributed by atoms with Crippen LogP contribution in [0.5, 0.6) is 0 Å². The first-order chi connectivity index (χ1) is 7.66. The number of nitrogens with zero attached hydrogens (tertiary/aromatic N) is 1. The molecule has 0 atom stereocenters. The molecule has 17 heavy (non-hydrogen) atoms. The summed E-state index contributed by atoms with van der Waals surface area (Å²) < 4.78 is 73.3. The predicted octanol–water partition coefficient (Wildman–Crippen LogP) is 4.19. The quantitative estimate of drug-likeness (QED) is 0.555. The summed E-state index contributed by atoms with van der Waals surface area (Å²) in [5, 5.41) is 0. The van der Waals surface area contributed by atoms with Crippen molar-refractivity contribution in [3.63, 3.8) is 0 Å². The van der Waals surface area contributed by atoms with Crippen LogP contribution in [0.1, 0.15) is 5.56 Å². The van der Waals surface area contributed by atoms with Crippen LogP contribution in [-0.4, -0.2) is 18.1 Å². The Morgan fingerprint density at radius 3 is 2.06 bits per heavy atom. The zero-order valence-corrected chi connectivity index (χ0v) is 8.52. The second kappa shape index (κ2) is 4.38. The third-order valence-corrected chi connectivity index (χ3v) is 1.95. The fraction of sp³-hybridized carbons (Fsp3) is 0.300.